The van der Waals surface area contributed by atoms with Gasteiger partial charge in [-0.25, -0.2) is 4.98 Å². The summed E-state index contributed by atoms with van der Waals surface area (Å²) in [5.41, 5.74) is 6.50. The summed E-state index contributed by atoms with van der Waals surface area (Å²) in [6.45, 7) is 5.52. The molecule has 4 N–H and O–H groups in total. The van der Waals surface area contributed by atoms with Crippen LogP contribution >= 0.6 is 0 Å². The third-order valence-electron chi connectivity index (χ3n) is 3.38. The Balaban J connectivity index is 2.58. The van der Waals surface area contributed by atoms with E-state index in [1.807, 2.05) is 13.8 Å². The summed E-state index contributed by atoms with van der Waals surface area (Å²) in [5.74, 6) is -1.14. The van der Waals surface area contributed by atoms with E-state index in [-0.39, 0.29) is 12.0 Å². The predicted octanol–water partition coefficient (Wildman–Crippen LogP) is 2.18. The van der Waals surface area contributed by atoms with Gasteiger partial charge in [0.2, 0.25) is 0 Å². The lowest BCUT2D eigenvalue weighted by atomic mass is 10.0. The molecule has 0 aliphatic rings. The monoisotopic (exact) mass is 293 g/mol. The van der Waals surface area contributed by atoms with Gasteiger partial charge in [-0.2, -0.15) is 0 Å². The van der Waals surface area contributed by atoms with Crippen molar-refractivity contribution in [3.05, 3.63) is 23.4 Å². The van der Waals surface area contributed by atoms with E-state index < -0.39 is 11.9 Å². The number of hydrogen-bond donors (Lipinski definition) is 3. The summed E-state index contributed by atoms with van der Waals surface area (Å²) in [6.07, 6.45) is 2.22. The highest BCUT2D eigenvalue weighted by Gasteiger charge is 2.14. The Morgan fingerprint density at radius 1 is 1.33 bits per heavy atom. The van der Waals surface area contributed by atoms with Gasteiger partial charge < -0.3 is 16.2 Å². The topological polar surface area (TPSA) is 105 Å². The van der Waals surface area contributed by atoms with E-state index in [9.17, 15) is 9.59 Å². The number of carboxylic acids is 1. The van der Waals surface area contributed by atoms with Crippen LogP contribution in [0.25, 0.3) is 0 Å². The number of aryl methyl sites for hydroxylation is 1. The molecule has 0 aliphatic carbocycles. The maximum absolute atomic E-state index is 11.4. The van der Waals surface area contributed by atoms with Crippen LogP contribution < -0.4 is 11.1 Å². The fourth-order valence-corrected chi connectivity index (χ4v) is 2.02. The van der Waals surface area contributed by atoms with E-state index in [0.29, 0.717) is 17.8 Å². The number of carbonyl (C=O) groups is 2. The summed E-state index contributed by atoms with van der Waals surface area (Å²) in [5, 5.41) is 12.0. The molecule has 6 nitrogen and oxygen atoms in total. The summed E-state index contributed by atoms with van der Waals surface area (Å²) in [4.78, 5) is 26.4. The lowest BCUT2D eigenvalue weighted by Crippen LogP contribution is -2.21. The number of amides is 1. The van der Waals surface area contributed by atoms with E-state index in [4.69, 9.17) is 10.8 Å². The number of primary amides is 1. The summed E-state index contributed by atoms with van der Waals surface area (Å²) in [6, 6.07) is 3.48. The molecule has 1 amide bonds. The van der Waals surface area contributed by atoms with Gasteiger partial charge in [-0.05, 0) is 38.8 Å². The fraction of sp³-hybridized carbons (Fsp3) is 0.533. The lowest BCUT2D eigenvalue weighted by Gasteiger charge is -2.17. The summed E-state index contributed by atoms with van der Waals surface area (Å²) >= 11 is 0. The first-order valence-electron chi connectivity index (χ1n) is 7.08. The molecule has 1 aromatic rings. The Morgan fingerprint density at radius 3 is 2.57 bits per heavy atom. The molecule has 2 atom stereocenters. The highest BCUT2D eigenvalue weighted by atomic mass is 16.4. The molecule has 1 rings (SSSR count). The predicted molar refractivity (Wildman–Crippen MR) is 81.2 cm³/mol. The zero-order valence-corrected chi connectivity index (χ0v) is 12.7. The number of carbonyl (C=O) groups excluding carboxylic acids is 1. The molecular weight excluding hydrogens is 270 g/mol. The lowest BCUT2D eigenvalue weighted by molar-refractivity contribution is -0.141. The normalized spacial score (nSPS) is 13.5. The third kappa shape index (κ3) is 5.41. The maximum Gasteiger partial charge on any atom is 0.306 e. The van der Waals surface area contributed by atoms with Crippen molar-refractivity contribution >= 4 is 17.7 Å². The van der Waals surface area contributed by atoms with Crippen LogP contribution in [-0.2, 0) is 4.79 Å². The minimum atomic E-state index is -0.771. The fourth-order valence-electron chi connectivity index (χ4n) is 2.02. The molecule has 0 fully saturated rings. The zero-order chi connectivity index (χ0) is 16.0. The molecule has 6 heteroatoms. The standard InChI is InChI=1S/C15H23N3O3/c1-9(15(20)21)5-4-6-10(2)17-14-12(13(16)19)8-7-11(3)18-14/h7-10H,4-6H2,1-3H3,(H2,16,19)(H,17,18)(H,20,21). The second-order valence-electron chi connectivity index (χ2n) is 5.43. The van der Waals surface area contributed by atoms with Gasteiger partial charge in [-0.3, -0.25) is 9.59 Å². The van der Waals surface area contributed by atoms with E-state index in [1.165, 1.54) is 0 Å². The van der Waals surface area contributed by atoms with Crippen molar-refractivity contribution in [2.75, 3.05) is 5.32 Å². The highest BCUT2D eigenvalue weighted by Crippen LogP contribution is 2.17. The molecule has 0 bridgehead atoms. The van der Waals surface area contributed by atoms with Gasteiger partial charge in [0, 0.05) is 11.7 Å². The molecule has 0 saturated heterocycles. The van der Waals surface area contributed by atoms with Gasteiger partial charge in [0.05, 0.1) is 11.5 Å². The third-order valence-corrected chi connectivity index (χ3v) is 3.38. The first-order valence-corrected chi connectivity index (χ1v) is 7.08. The average molecular weight is 293 g/mol. The van der Waals surface area contributed by atoms with Crippen molar-refractivity contribution in [2.45, 2.75) is 46.1 Å². The first-order chi connectivity index (χ1) is 9.81. The van der Waals surface area contributed by atoms with Crippen LogP contribution in [0, 0.1) is 12.8 Å². The molecule has 1 heterocycles. The number of hydrogen-bond acceptors (Lipinski definition) is 4. The number of aromatic nitrogens is 1. The maximum atomic E-state index is 11.4. The van der Waals surface area contributed by atoms with Crippen LogP contribution in [0.2, 0.25) is 0 Å². The largest absolute Gasteiger partial charge is 0.481 e. The first kappa shape index (κ1) is 16.9. The van der Waals surface area contributed by atoms with Crippen LogP contribution in [0.1, 0.15) is 49.2 Å². The second kappa shape index (κ2) is 7.61. The van der Waals surface area contributed by atoms with Crippen molar-refractivity contribution in [1.82, 2.24) is 4.98 Å². The van der Waals surface area contributed by atoms with Crippen LogP contribution in [0.3, 0.4) is 0 Å². The molecule has 0 spiro atoms. The smallest absolute Gasteiger partial charge is 0.306 e. The second-order valence-corrected chi connectivity index (χ2v) is 5.43. The molecule has 0 aliphatic heterocycles. The van der Waals surface area contributed by atoms with Gasteiger partial charge in [-0.1, -0.05) is 13.3 Å². The van der Waals surface area contributed by atoms with E-state index in [0.717, 1.165) is 18.5 Å². The van der Waals surface area contributed by atoms with Crippen molar-refractivity contribution in [3.63, 3.8) is 0 Å². The Bertz CT molecular complexity index is 517. The zero-order valence-electron chi connectivity index (χ0n) is 12.7. The van der Waals surface area contributed by atoms with Crippen LogP contribution in [0.5, 0.6) is 0 Å². The van der Waals surface area contributed by atoms with Crippen molar-refractivity contribution in [3.8, 4) is 0 Å². The highest BCUT2D eigenvalue weighted by molar-refractivity contribution is 5.97. The molecule has 21 heavy (non-hydrogen) atoms. The number of nitrogens with zero attached hydrogens (tertiary/aromatic N) is 1. The van der Waals surface area contributed by atoms with E-state index in [1.54, 1.807) is 19.1 Å². The summed E-state index contributed by atoms with van der Waals surface area (Å²) < 4.78 is 0. The Hall–Kier alpha value is -2.11. The van der Waals surface area contributed by atoms with Gasteiger partial charge in [0.25, 0.3) is 5.91 Å². The molecule has 2 unspecified atom stereocenters. The van der Waals surface area contributed by atoms with E-state index in [2.05, 4.69) is 10.3 Å². The SMILES string of the molecule is Cc1ccc(C(N)=O)c(NC(C)CCCC(C)C(=O)O)n1. The van der Waals surface area contributed by atoms with Gasteiger partial charge >= 0.3 is 5.97 Å². The number of pyridine rings is 1. The quantitative estimate of drug-likeness (QED) is 0.681. The van der Waals surface area contributed by atoms with Gasteiger partial charge in [0.15, 0.2) is 0 Å². The Kier molecular flexibility index (Phi) is 6.14. The van der Waals surface area contributed by atoms with Gasteiger partial charge in [-0.15, -0.1) is 0 Å². The van der Waals surface area contributed by atoms with Crippen LogP contribution in [-0.4, -0.2) is 28.0 Å². The Labute approximate surface area is 124 Å². The van der Waals surface area contributed by atoms with Crippen molar-refractivity contribution < 1.29 is 14.7 Å². The van der Waals surface area contributed by atoms with Crippen LogP contribution in [0.4, 0.5) is 5.82 Å². The van der Waals surface area contributed by atoms with Crippen LogP contribution in [0.15, 0.2) is 12.1 Å². The van der Waals surface area contributed by atoms with Crippen molar-refractivity contribution in [2.24, 2.45) is 11.7 Å². The summed E-state index contributed by atoms with van der Waals surface area (Å²) in [7, 11) is 0. The molecule has 1 aromatic heterocycles. The minimum Gasteiger partial charge on any atom is -0.481 e. The number of aliphatic carboxylic acids is 1. The number of rotatable bonds is 8. The Morgan fingerprint density at radius 2 is 2.00 bits per heavy atom. The van der Waals surface area contributed by atoms with Crippen molar-refractivity contribution in [1.29, 1.82) is 0 Å². The molecular formula is C15H23N3O3. The number of carboxylic acid groups (broad SMARTS) is 1. The minimum absolute atomic E-state index is 0.0818. The van der Waals surface area contributed by atoms with Gasteiger partial charge in [0.1, 0.15) is 5.82 Å². The van der Waals surface area contributed by atoms with E-state index >= 15 is 0 Å². The molecule has 0 radical (unpaired) electrons. The number of anilines is 1. The molecule has 116 valence electrons. The number of nitrogens with two attached hydrogens (primary N) is 1. The molecule has 0 aromatic carbocycles. The average Bonchev–Trinajstić information content (AvgIpc) is 2.37. The number of nitrogens with one attached hydrogen (secondary N) is 1. The molecule has 0 saturated carbocycles.